The van der Waals surface area contributed by atoms with Gasteiger partial charge in [-0.2, -0.15) is 0 Å². The van der Waals surface area contributed by atoms with Gasteiger partial charge in [0.2, 0.25) is 23.6 Å². The van der Waals surface area contributed by atoms with Crippen LogP contribution in [0.25, 0.3) is 22.0 Å². The third-order valence-corrected chi connectivity index (χ3v) is 12.4. The Kier molecular flexibility index (Phi) is 13.5. The molecule has 12 nitrogen and oxygen atoms in total. The number of hydrogen-bond acceptors (Lipinski definition) is 8. The molecule has 0 spiro atoms. The number of ether oxygens (including phenoxy) is 1. The Bertz CT molecular complexity index is 2350. The zero-order valence-corrected chi connectivity index (χ0v) is 34.9. The number of carbonyl (C=O) groups excluding carboxylic acids is 5. The van der Waals surface area contributed by atoms with Gasteiger partial charge < -0.3 is 31.0 Å². The van der Waals surface area contributed by atoms with Gasteiger partial charge in [-0.1, -0.05) is 68.2 Å². The highest BCUT2D eigenvalue weighted by molar-refractivity contribution is 7.80. The molecule has 1 saturated heterocycles. The molecule has 1 unspecified atom stereocenters. The molecular formula is C46H52F2N6O6S. The maximum Gasteiger partial charge on any atom is 0.255 e. The van der Waals surface area contributed by atoms with E-state index in [2.05, 4.69) is 15.2 Å². The van der Waals surface area contributed by atoms with Gasteiger partial charge in [0, 0.05) is 89.8 Å². The van der Waals surface area contributed by atoms with Gasteiger partial charge in [0.05, 0.1) is 12.1 Å². The maximum absolute atomic E-state index is 14.2. The molecule has 3 heterocycles. The predicted octanol–water partition coefficient (Wildman–Crippen LogP) is 7.42. The van der Waals surface area contributed by atoms with Gasteiger partial charge in [-0.05, 0) is 61.9 Å². The molecule has 2 aliphatic heterocycles. The van der Waals surface area contributed by atoms with E-state index in [-0.39, 0.29) is 79.9 Å². The lowest BCUT2D eigenvalue weighted by Gasteiger charge is -2.30. The molecule has 1 aliphatic carbocycles. The number of Topliss-reactive ketones (excluding diaryl/α,β-unsaturated/α-hetero) is 1. The summed E-state index contributed by atoms with van der Waals surface area (Å²) < 4.78 is 36.4. The summed E-state index contributed by atoms with van der Waals surface area (Å²) >= 11 is 5.23. The number of nitrogens with two attached hydrogens (primary N) is 2. The van der Waals surface area contributed by atoms with Gasteiger partial charge in [0.15, 0.2) is 5.78 Å². The quantitative estimate of drug-likeness (QED) is 0.0343. The molecule has 6 N–H and O–H groups in total. The lowest BCUT2D eigenvalue weighted by molar-refractivity contribution is -0.137. The fraction of sp³-hybridized carbons (Fsp3) is 0.435. The Balaban J connectivity index is 0.850. The topological polar surface area (TPSA) is 179 Å². The molecule has 4 amide bonds. The molecule has 1 aromatic heterocycles. The minimum absolute atomic E-state index is 0.0498. The van der Waals surface area contributed by atoms with E-state index in [0.29, 0.717) is 61.1 Å². The number of hydrogen-bond donors (Lipinski definition) is 4. The highest BCUT2D eigenvalue weighted by atomic mass is 32.1. The highest BCUT2D eigenvalue weighted by Crippen LogP contribution is 2.43. The lowest BCUT2D eigenvalue weighted by Crippen LogP contribution is -2.52. The van der Waals surface area contributed by atoms with Crippen molar-refractivity contribution in [3.8, 4) is 16.9 Å². The summed E-state index contributed by atoms with van der Waals surface area (Å²) in [5.41, 5.74) is 18.2. The van der Waals surface area contributed by atoms with E-state index < -0.39 is 17.9 Å². The Morgan fingerprint density at radius 1 is 0.918 bits per heavy atom. The first kappa shape index (κ1) is 43.4. The van der Waals surface area contributed by atoms with Gasteiger partial charge in [-0.15, -0.1) is 0 Å². The van der Waals surface area contributed by atoms with Crippen molar-refractivity contribution in [1.82, 2.24) is 20.1 Å². The molecule has 3 aromatic carbocycles. The number of benzene rings is 3. The molecule has 0 bridgehead atoms. The second-order valence-corrected chi connectivity index (χ2v) is 16.9. The molecule has 4 aromatic rings. The number of amides is 4. The molecule has 15 heteroatoms. The first-order chi connectivity index (χ1) is 29.3. The van der Waals surface area contributed by atoms with Gasteiger partial charge in [-0.25, -0.2) is 8.78 Å². The number of nitrogen functional groups attached to an aromatic ring is 1. The van der Waals surface area contributed by atoms with Gasteiger partial charge in [-0.3, -0.25) is 29.3 Å². The van der Waals surface area contributed by atoms with Crippen LogP contribution in [0, 0.1) is 0 Å². The van der Waals surface area contributed by atoms with Crippen molar-refractivity contribution in [2.24, 2.45) is 5.73 Å². The number of fused-ring (bicyclic) bond motifs is 2. The van der Waals surface area contributed by atoms with Crippen molar-refractivity contribution in [2.75, 3.05) is 12.3 Å². The average Bonchev–Trinajstić information content (AvgIpc) is 3.79. The second-order valence-electron chi connectivity index (χ2n) is 16.4. The number of rotatable bonds is 18. The Labute approximate surface area is 358 Å². The molecule has 3 aliphatic rings. The monoisotopic (exact) mass is 854 g/mol. The van der Waals surface area contributed by atoms with Crippen LogP contribution in [0.3, 0.4) is 0 Å². The summed E-state index contributed by atoms with van der Waals surface area (Å²) in [6.07, 6.45) is 8.40. The Morgan fingerprint density at radius 2 is 1.64 bits per heavy atom. The van der Waals surface area contributed by atoms with Crippen LogP contribution in [0.2, 0.25) is 0 Å². The molecule has 2 fully saturated rings. The van der Waals surface area contributed by atoms with Crippen LogP contribution in [-0.4, -0.2) is 62.4 Å². The Hall–Kier alpha value is -5.70. The summed E-state index contributed by atoms with van der Waals surface area (Å²) in [5, 5.41) is 6.25. The molecule has 7 rings (SSSR count). The van der Waals surface area contributed by atoms with Crippen LogP contribution in [0.5, 0.6) is 5.75 Å². The minimum Gasteiger partial charge on any atom is -0.485 e. The first-order valence-corrected chi connectivity index (χ1v) is 21.6. The molecule has 1 atom stereocenters. The number of nitrogens with zero attached hydrogens (tertiary/aromatic N) is 2. The van der Waals surface area contributed by atoms with E-state index in [1.54, 1.807) is 18.2 Å². The van der Waals surface area contributed by atoms with Crippen LogP contribution in [0.1, 0.15) is 123 Å². The van der Waals surface area contributed by atoms with Crippen molar-refractivity contribution < 1.29 is 37.5 Å². The number of thiocarbonyl (C=S) groups is 1. The standard InChI is InChI=1S/C46H52F2N6O6S/c47-46(48)21-19-30(20-22-46)53-25-35(28-9-7-10-29(23-28)43(50)61)32-15-16-37(49)34(42(32)53)24-51-40(56)14-6-4-2-1-3-5-11-31(55)27-60-39-13-8-12-33-36(39)26-54(45(33)59)38-17-18-41(57)52-44(38)58/h7-10,12-13,15-16,23,25,30,38H,1-6,11,14,17-22,24,26-27,49H2,(H2,50,61)(H,51,56)(H,52,57,58). The van der Waals surface area contributed by atoms with Crippen LogP contribution in [0.4, 0.5) is 14.5 Å². The molecule has 322 valence electrons. The molecule has 61 heavy (non-hydrogen) atoms. The average molecular weight is 855 g/mol. The maximum atomic E-state index is 14.2. The molecule has 0 radical (unpaired) electrons. The lowest BCUT2D eigenvalue weighted by atomic mass is 9.92. The summed E-state index contributed by atoms with van der Waals surface area (Å²) in [7, 11) is 0. The summed E-state index contributed by atoms with van der Waals surface area (Å²) in [6.45, 7) is 0.247. The smallest absolute Gasteiger partial charge is 0.255 e. The van der Waals surface area contributed by atoms with Crippen LogP contribution in [-0.2, 0) is 32.3 Å². The Morgan fingerprint density at radius 3 is 2.38 bits per heavy atom. The fourth-order valence-corrected chi connectivity index (χ4v) is 8.92. The SMILES string of the molecule is NC(=S)c1cccc(-c2cn(C3CCC(F)(F)CC3)c3c(CNC(=O)CCCCCCCCC(=O)COc4cccc5c4CN(C4CCC(=O)NC4=O)C5=O)c(N)ccc23)c1. The van der Waals surface area contributed by atoms with Crippen molar-refractivity contribution in [3.05, 3.63) is 83.0 Å². The van der Waals surface area contributed by atoms with E-state index in [4.69, 9.17) is 28.4 Å². The fourth-order valence-electron chi connectivity index (χ4n) is 8.80. The van der Waals surface area contributed by atoms with E-state index in [9.17, 15) is 32.8 Å². The van der Waals surface area contributed by atoms with Crippen LogP contribution < -0.4 is 26.8 Å². The molecular weight excluding hydrogens is 803 g/mol. The zero-order valence-electron chi connectivity index (χ0n) is 34.1. The number of aromatic nitrogens is 1. The summed E-state index contributed by atoms with van der Waals surface area (Å²) in [6, 6.07) is 15.6. The van der Waals surface area contributed by atoms with Crippen molar-refractivity contribution in [3.63, 3.8) is 0 Å². The van der Waals surface area contributed by atoms with Crippen molar-refractivity contribution in [2.45, 2.75) is 121 Å². The number of halogens is 2. The van der Waals surface area contributed by atoms with Gasteiger partial charge in [0.25, 0.3) is 5.91 Å². The van der Waals surface area contributed by atoms with E-state index in [1.807, 2.05) is 42.6 Å². The third-order valence-electron chi connectivity index (χ3n) is 12.2. The minimum atomic E-state index is -2.68. The number of piperidine rings is 1. The summed E-state index contributed by atoms with van der Waals surface area (Å²) in [5.74, 6) is -3.52. The largest absolute Gasteiger partial charge is 0.485 e. The highest BCUT2D eigenvalue weighted by Gasteiger charge is 2.40. The van der Waals surface area contributed by atoms with Crippen molar-refractivity contribution in [1.29, 1.82) is 0 Å². The third kappa shape index (κ3) is 10.1. The van der Waals surface area contributed by atoms with Gasteiger partial charge >= 0.3 is 0 Å². The van der Waals surface area contributed by atoms with E-state index >= 15 is 0 Å². The number of ketones is 1. The molecule has 1 saturated carbocycles. The zero-order chi connectivity index (χ0) is 43.3. The number of anilines is 1. The number of carbonyl (C=O) groups is 5. The van der Waals surface area contributed by atoms with Crippen LogP contribution in [0.15, 0.2) is 60.8 Å². The number of alkyl halides is 2. The number of imide groups is 1. The van der Waals surface area contributed by atoms with Gasteiger partial charge in [0.1, 0.15) is 23.4 Å². The predicted molar refractivity (Wildman–Crippen MR) is 232 cm³/mol. The number of nitrogens with one attached hydrogen (secondary N) is 2. The first-order valence-electron chi connectivity index (χ1n) is 21.2. The van der Waals surface area contributed by atoms with Crippen molar-refractivity contribution >= 4 is 63.2 Å². The van der Waals surface area contributed by atoms with E-state index in [0.717, 1.165) is 58.8 Å². The normalized spacial score (nSPS) is 17.6. The second kappa shape index (κ2) is 18.9. The summed E-state index contributed by atoms with van der Waals surface area (Å²) in [4.78, 5) is 64.5. The number of unbranched alkanes of at least 4 members (excludes halogenated alkanes) is 5. The van der Waals surface area contributed by atoms with Crippen LogP contribution >= 0.6 is 12.2 Å². The van der Waals surface area contributed by atoms with E-state index in [1.165, 1.54) is 4.90 Å².